The van der Waals surface area contributed by atoms with Crippen LogP contribution in [0, 0.1) is 0 Å². The monoisotopic (exact) mass is 289 g/mol. The van der Waals surface area contributed by atoms with Gasteiger partial charge in [0.05, 0.1) is 6.20 Å². The largest absolute Gasteiger partial charge is 0.344 e. The quantitative estimate of drug-likeness (QED) is 0.779. The zero-order chi connectivity index (χ0) is 15.2. The lowest BCUT2D eigenvalue weighted by Gasteiger charge is -2.23. The maximum atomic E-state index is 12.5. The molecule has 0 fully saturated rings. The molecule has 2 aromatic heterocycles. The molecule has 6 heteroatoms. The third kappa shape index (κ3) is 3.93. The molecule has 1 unspecified atom stereocenters. The number of aromatic nitrogens is 4. The predicted molar refractivity (Wildman–Crippen MR) is 80.7 cm³/mol. The summed E-state index contributed by atoms with van der Waals surface area (Å²) in [6.07, 6.45) is 10.1. The fraction of sp³-hybridized carbons (Fsp3) is 0.533. The molecule has 0 aliphatic rings. The molecule has 0 aromatic carbocycles. The van der Waals surface area contributed by atoms with Crippen LogP contribution in [-0.2, 0) is 18.3 Å². The fourth-order valence-electron chi connectivity index (χ4n) is 2.43. The Balaban J connectivity index is 1.84. The fourth-order valence-corrected chi connectivity index (χ4v) is 2.43. The van der Waals surface area contributed by atoms with Crippen LogP contribution in [0.15, 0.2) is 30.9 Å². The van der Waals surface area contributed by atoms with Crippen molar-refractivity contribution in [1.82, 2.24) is 24.5 Å². The van der Waals surface area contributed by atoms with Crippen molar-refractivity contribution < 1.29 is 4.79 Å². The molecule has 21 heavy (non-hydrogen) atoms. The van der Waals surface area contributed by atoms with Crippen molar-refractivity contribution in [2.45, 2.75) is 32.2 Å². The lowest BCUT2D eigenvalue weighted by Crippen LogP contribution is -2.35. The lowest BCUT2D eigenvalue weighted by molar-refractivity contribution is -0.133. The summed E-state index contributed by atoms with van der Waals surface area (Å²) in [6, 6.07) is 1.64. The first-order valence-electron chi connectivity index (χ1n) is 7.33. The van der Waals surface area contributed by atoms with Gasteiger partial charge >= 0.3 is 0 Å². The second kappa shape index (κ2) is 7.06. The highest BCUT2D eigenvalue weighted by molar-refractivity contribution is 5.80. The Bertz CT molecular complexity index is 560. The highest BCUT2D eigenvalue weighted by Gasteiger charge is 2.21. The number of carbonyl (C=O) groups excluding carboxylic acids is 1. The maximum Gasteiger partial charge on any atom is 0.247 e. The number of rotatable bonds is 7. The molecular weight excluding hydrogens is 266 g/mol. The highest BCUT2D eigenvalue weighted by Crippen LogP contribution is 2.13. The average molecular weight is 289 g/mol. The number of hydrogen-bond donors (Lipinski definition) is 0. The smallest absolute Gasteiger partial charge is 0.247 e. The SMILES string of the molecule is CCC(C(=O)N(C)CCCc1cnn(C)c1)n1cccn1. The molecule has 0 N–H and O–H groups in total. The van der Waals surface area contributed by atoms with Crippen LogP contribution in [0.2, 0.25) is 0 Å². The van der Waals surface area contributed by atoms with E-state index in [1.54, 1.807) is 20.5 Å². The van der Waals surface area contributed by atoms with Crippen LogP contribution in [0.4, 0.5) is 0 Å². The third-order valence-electron chi connectivity index (χ3n) is 3.61. The Morgan fingerprint density at radius 2 is 2.24 bits per heavy atom. The van der Waals surface area contributed by atoms with Gasteiger partial charge in [0.15, 0.2) is 0 Å². The standard InChI is InChI=1S/C15H23N5O/c1-4-14(20-10-6-8-16-20)15(21)18(2)9-5-7-13-11-17-19(3)12-13/h6,8,10-12,14H,4-5,7,9H2,1-3H3. The Labute approximate surface area is 125 Å². The van der Waals surface area contributed by atoms with Gasteiger partial charge in [0.1, 0.15) is 6.04 Å². The van der Waals surface area contributed by atoms with Crippen molar-refractivity contribution in [1.29, 1.82) is 0 Å². The first-order valence-corrected chi connectivity index (χ1v) is 7.33. The van der Waals surface area contributed by atoms with Gasteiger partial charge in [-0.15, -0.1) is 0 Å². The first-order chi connectivity index (χ1) is 10.1. The van der Waals surface area contributed by atoms with Crippen LogP contribution in [0.3, 0.4) is 0 Å². The first kappa shape index (κ1) is 15.3. The summed E-state index contributed by atoms with van der Waals surface area (Å²) in [6.45, 7) is 2.75. The van der Waals surface area contributed by atoms with Crippen molar-refractivity contribution in [2.24, 2.45) is 7.05 Å². The summed E-state index contributed by atoms with van der Waals surface area (Å²) in [7, 11) is 3.77. The minimum absolute atomic E-state index is 0.118. The van der Waals surface area contributed by atoms with Gasteiger partial charge in [0.2, 0.25) is 5.91 Å². The summed E-state index contributed by atoms with van der Waals surface area (Å²) in [5, 5.41) is 8.33. The van der Waals surface area contributed by atoms with E-state index in [1.807, 2.05) is 45.7 Å². The summed E-state index contributed by atoms with van der Waals surface area (Å²) >= 11 is 0. The average Bonchev–Trinajstić information content (AvgIpc) is 3.11. The van der Waals surface area contributed by atoms with Crippen LogP contribution >= 0.6 is 0 Å². The Morgan fingerprint density at radius 3 is 2.81 bits per heavy atom. The van der Waals surface area contributed by atoms with Gasteiger partial charge in [-0.3, -0.25) is 14.2 Å². The van der Waals surface area contributed by atoms with Gasteiger partial charge in [-0.05, 0) is 30.9 Å². The zero-order valence-electron chi connectivity index (χ0n) is 12.9. The zero-order valence-corrected chi connectivity index (χ0v) is 12.9. The lowest BCUT2D eigenvalue weighted by atomic mass is 10.1. The number of hydrogen-bond acceptors (Lipinski definition) is 3. The summed E-state index contributed by atoms with van der Waals surface area (Å²) < 4.78 is 3.54. The number of carbonyl (C=O) groups is 1. The van der Waals surface area contributed by atoms with Crippen molar-refractivity contribution >= 4 is 5.91 Å². The van der Waals surface area contributed by atoms with E-state index < -0.39 is 0 Å². The minimum Gasteiger partial charge on any atom is -0.344 e. The van der Waals surface area contributed by atoms with E-state index in [1.165, 1.54) is 5.56 Å². The van der Waals surface area contributed by atoms with E-state index in [0.29, 0.717) is 0 Å². The molecule has 0 spiro atoms. The van der Waals surface area contributed by atoms with Crippen LogP contribution < -0.4 is 0 Å². The van der Waals surface area contributed by atoms with Gasteiger partial charge in [-0.1, -0.05) is 6.92 Å². The molecule has 2 rings (SSSR count). The van der Waals surface area contributed by atoms with Crippen LogP contribution in [0.5, 0.6) is 0 Å². The molecular formula is C15H23N5O. The highest BCUT2D eigenvalue weighted by atomic mass is 16.2. The number of aryl methyl sites for hydroxylation is 2. The number of amides is 1. The van der Waals surface area contributed by atoms with E-state index in [4.69, 9.17) is 0 Å². The van der Waals surface area contributed by atoms with Crippen molar-refractivity contribution in [2.75, 3.05) is 13.6 Å². The van der Waals surface area contributed by atoms with Crippen molar-refractivity contribution in [3.63, 3.8) is 0 Å². The van der Waals surface area contributed by atoms with E-state index >= 15 is 0 Å². The normalized spacial score (nSPS) is 12.3. The van der Waals surface area contributed by atoms with E-state index in [-0.39, 0.29) is 11.9 Å². The summed E-state index contributed by atoms with van der Waals surface area (Å²) in [5.41, 5.74) is 1.21. The van der Waals surface area contributed by atoms with Gasteiger partial charge in [0.25, 0.3) is 0 Å². The van der Waals surface area contributed by atoms with Gasteiger partial charge in [0, 0.05) is 39.2 Å². The molecule has 0 aliphatic carbocycles. The van der Waals surface area contributed by atoms with Crippen LogP contribution in [0.1, 0.15) is 31.4 Å². The second-order valence-corrected chi connectivity index (χ2v) is 5.30. The van der Waals surface area contributed by atoms with E-state index in [2.05, 4.69) is 10.2 Å². The maximum absolute atomic E-state index is 12.5. The van der Waals surface area contributed by atoms with Crippen molar-refractivity contribution in [3.8, 4) is 0 Å². The second-order valence-electron chi connectivity index (χ2n) is 5.30. The van der Waals surface area contributed by atoms with Gasteiger partial charge < -0.3 is 4.90 Å². The van der Waals surface area contributed by atoms with E-state index in [9.17, 15) is 4.79 Å². The topological polar surface area (TPSA) is 56.0 Å². The molecule has 0 aliphatic heterocycles. The Kier molecular flexibility index (Phi) is 5.14. The number of likely N-dealkylation sites (N-methyl/N-ethyl adjacent to an activating group) is 1. The predicted octanol–water partition coefficient (Wildman–Crippen LogP) is 1.66. The van der Waals surface area contributed by atoms with Crippen molar-refractivity contribution in [3.05, 3.63) is 36.4 Å². The molecule has 6 nitrogen and oxygen atoms in total. The Hall–Kier alpha value is -2.11. The van der Waals surface area contributed by atoms with Gasteiger partial charge in [-0.2, -0.15) is 10.2 Å². The minimum atomic E-state index is -0.205. The van der Waals surface area contributed by atoms with Crippen LogP contribution in [0.25, 0.3) is 0 Å². The van der Waals surface area contributed by atoms with E-state index in [0.717, 1.165) is 25.8 Å². The molecule has 114 valence electrons. The molecule has 0 saturated heterocycles. The molecule has 1 atom stereocenters. The molecule has 0 bridgehead atoms. The molecule has 2 aromatic rings. The van der Waals surface area contributed by atoms with Gasteiger partial charge in [-0.25, -0.2) is 0 Å². The Morgan fingerprint density at radius 1 is 1.43 bits per heavy atom. The summed E-state index contributed by atoms with van der Waals surface area (Å²) in [5.74, 6) is 0.118. The number of nitrogens with zero attached hydrogens (tertiary/aromatic N) is 5. The molecule has 0 radical (unpaired) electrons. The third-order valence-corrected chi connectivity index (χ3v) is 3.61. The van der Waals surface area contributed by atoms with Crippen LogP contribution in [-0.4, -0.2) is 44.0 Å². The molecule has 2 heterocycles. The molecule has 1 amide bonds. The summed E-state index contributed by atoms with van der Waals surface area (Å²) in [4.78, 5) is 14.3. The molecule has 0 saturated carbocycles.